The van der Waals surface area contributed by atoms with E-state index in [9.17, 15) is 9.18 Å². The van der Waals surface area contributed by atoms with Crippen LogP contribution in [0.5, 0.6) is 5.75 Å². The van der Waals surface area contributed by atoms with E-state index in [0.29, 0.717) is 11.3 Å². The zero-order valence-electron chi connectivity index (χ0n) is 10.8. The molecular weight excluding hydrogens is 295 g/mol. The summed E-state index contributed by atoms with van der Waals surface area (Å²) in [6.07, 6.45) is 0. The maximum Gasteiger partial charge on any atom is 0.262 e. The van der Waals surface area contributed by atoms with Crippen LogP contribution in [0.3, 0.4) is 0 Å². The summed E-state index contributed by atoms with van der Waals surface area (Å²) in [4.78, 5) is 11.8. The Hall–Kier alpha value is -2.58. The molecule has 0 atom stereocenters. The van der Waals surface area contributed by atoms with E-state index >= 15 is 0 Å². The molecule has 0 aliphatic carbocycles. The third-order valence-electron chi connectivity index (χ3n) is 2.57. The van der Waals surface area contributed by atoms with Crippen LogP contribution in [-0.2, 0) is 4.79 Å². The first kappa shape index (κ1) is 14.8. The second-order valence-electron chi connectivity index (χ2n) is 4.07. The quantitative estimate of drug-likeness (QED) is 0.942. The van der Waals surface area contributed by atoms with Crippen LogP contribution in [0.4, 0.5) is 10.1 Å². The second-order valence-corrected chi connectivity index (χ2v) is 4.48. The molecule has 0 aromatic heterocycles. The van der Waals surface area contributed by atoms with Crippen LogP contribution in [0.1, 0.15) is 5.56 Å². The van der Waals surface area contributed by atoms with Crippen LogP contribution in [0, 0.1) is 17.1 Å². The number of nitrogens with one attached hydrogen (secondary N) is 1. The monoisotopic (exact) mass is 304 g/mol. The van der Waals surface area contributed by atoms with Gasteiger partial charge in [0.1, 0.15) is 17.6 Å². The molecule has 21 heavy (non-hydrogen) atoms. The number of nitrogens with zero attached hydrogens (tertiary/aromatic N) is 1. The molecule has 6 heteroatoms. The number of rotatable bonds is 4. The molecule has 0 saturated carbocycles. The first-order valence-corrected chi connectivity index (χ1v) is 6.35. The SMILES string of the molecule is N#Cc1ccccc1NC(=O)COc1ccc(F)cc1Cl. The number of nitriles is 1. The fourth-order valence-electron chi connectivity index (χ4n) is 1.61. The van der Waals surface area contributed by atoms with Crippen LogP contribution in [-0.4, -0.2) is 12.5 Å². The van der Waals surface area contributed by atoms with Gasteiger partial charge < -0.3 is 10.1 Å². The van der Waals surface area contributed by atoms with Gasteiger partial charge in [-0.2, -0.15) is 5.26 Å². The van der Waals surface area contributed by atoms with Gasteiger partial charge in [-0.15, -0.1) is 0 Å². The van der Waals surface area contributed by atoms with Gasteiger partial charge >= 0.3 is 0 Å². The molecule has 1 amide bonds. The minimum atomic E-state index is -0.486. The van der Waals surface area contributed by atoms with Gasteiger partial charge in [0.2, 0.25) is 0 Å². The van der Waals surface area contributed by atoms with Crippen molar-refractivity contribution in [1.29, 1.82) is 5.26 Å². The van der Waals surface area contributed by atoms with E-state index in [2.05, 4.69) is 5.32 Å². The van der Waals surface area contributed by atoms with Crippen molar-refractivity contribution in [2.45, 2.75) is 0 Å². The summed E-state index contributed by atoms with van der Waals surface area (Å²) in [5.41, 5.74) is 0.754. The highest BCUT2D eigenvalue weighted by atomic mass is 35.5. The third-order valence-corrected chi connectivity index (χ3v) is 2.87. The Bertz CT molecular complexity index is 713. The molecule has 0 saturated heterocycles. The number of halogens is 2. The molecule has 106 valence electrons. The Kier molecular flexibility index (Phi) is 4.75. The van der Waals surface area contributed by atoms with Gasteiger partial charge in [0.05, 0.1) is 16.3 Å². The summed E-state index contributed by atoms with van der Waals surface area (Å²) in [6.45, 7) is -0.300. The third kappa shape index (κ3) is 3.94. The summed E-state index contributed by atoms with van der Waals surface area (Å²) in [7, 11) is 0. The molecule has 0 radical (unpaired) electrons. The van der Waals surface area contributed by atoms with Gasteiger partial charge in [0.25, 0.3) is 5.91 Å². The van der Waals surface area contributed by atoms with Gasteiger partial charge in [-0.05, 0) is 30.3 Å². The van der Waals surface area contributed by atoms with E-state index in [0.717, 1.165) is 6.07 Å². The molecule has 0 aliphatic heterocycles. The Morgan fingerprint density at radius 1 is 1.33 bits per heavy atom. The highest BCUT2D eigenvalue weighted by molar-refractivity contribution is 6.32. The van der Waals surface area contributed by atoms with Crippen molar-refractivity contribution in [3.8, 4) is 11.8 Å². The maximum atomic E-state index is 12.9. The van der Waals surface area contributed by atoms with Crippen LogP contribution in [0.2, 0.25) is 5.02 Å². The van der Waals surface area contributed by atoms with Crippen molar-refractivity contribution in [2.75, 3.05) is 11.9 Å². The largest absolute Gasteiger partial charge is 0.482 e. The molecule has 0 aliphatic rings. The molecule has 2 rings (SSSR count). The van der Waals surface area contributed by atoms with Crippen LogP contribution in [0.25, 0.3) is 0 Å². The van der Waals surface area contributed by atoms with E-state index < -0.39 is 11.7 Å². The smallest absolute Gasteiger partial charge is 0.262 e. The van der Waals surface area contributed by atoms with Crippen LogP contribution >= 0.6 is 11.6 Å². The Balaban J connectivity index is 1.98. The summed E-state index contributed by atoms with van der Waals surface area (Å²) < 4.78 is 18.1. The van der Waals surface area contributed by atoms with Crippen molar-refractivity contribution < 1.29 is 13.9 Å². The summed E-state index contributed by atoms with van der Waals surface area (Å²) in [5.74, 6) is -0.723. The van der Waals surface area contributed by atoms with E-state index in [1.54, 1.807) is 24.3 Å². The normalized spacial score (nSPS) is 9.76. The minimum absolute atomic E-state index is 0.0835. The number of hydrogen-bond acceptors (Lipinski definition) is 3. The summed E-state index contributed by atoms with van der Waals surface area (Å²) in [5, 5.41) is 11.6. The number of carbonyl (C=O) groups excluding carboxylic acids is 1. The number of hydrogen-bond donors (Lipinski definition) is 1. The Morgan fingerprint density at radius 2 is 2.10 bits per heavy atom. The van der Waals surface area contributed by atoms with Gasteiger partial charge in [-0.1, -0.05) is 23.7 Å². The molecule has 2 aromatic carbocycles. The van der Waals surface area contributed by atoms with Gasteiger partial charge in [-0.25, -0.2) is 4.39 Å². The van der Waals surface area contributed by atoms with Gasteiger partial charge in [0.15, 0.2) is 6.61 Å². The highest BCUT2D eigenvalue weighted by Crippen LogP contribution is 2.24. The zero-order valence-corrected chi connectivity index (χ0v) is 11.5. The predicted molar refractivity (Wildman–Crippen MR) is 76.7 cm³/mol. The van der Waals surface area contributed by atoms with E-state index in [-0.39, 0.29) is 17.4 Å². The van der Waals surface area contributed by atoms with E-state index in [1.165, 1.54) is 12.1 Å². The lowest BCUT2D eigenvalue weighted by molar-refractivity contribution is -0.118. The van der Waals surface area contributed by atoms with Crippen LogP contribution in [0.15, 0.2) is 42.5 Å². The predicted octanol–water partition coefficient (Wildman–Crippen LogP) is 3.37. The molecule has 0 spiro atoms. The summed E-state index contributed by atoms with van der Waals surface area (Å²) in [6, 6.07) is 12.2. The molecule has 0 unspecified atom stereocenters. The number of anilines is 1. The molecule has 1 N–H and O–H groups in total. The number of para-hydroxylation sites is 1. The molecule has 4 nitrogen and oxygen atoms in total. The first-order valence-electron chi connectivity index (χ1n) is 5.97. The van der Waals surface area contributed by atoms with Crippen molar-refractivity contribution in [1.82, 2.24) is 0 Å². The van der Waals surface area contributed by atoms with Crippen molar-refractivity contribution in [3.63, 3.8) is 0 Å². The molecular formula is C15H10ClFN2O2. The fourth-order valence-corrected chi connectivity index (χ4v) is 1.83. The maximum absolute atomic E-state index is 12.9. The fraction of sp³-hybridized carbons (Fsp3) is 0.0667. The second kappa shape index (κ2) is 6.73. The van der Waals surface area contributed by atoms with Crippen molar-refractivity contribution in [2.24, 2.45) is 0 Å². The van der Waals surface area contributed by atoms with Crippen molar-refractivity contribution >= 4 is 23.2 Å². The van der Waals surface area contributed by atoms with Crippen LogP contribution < -0.4 is 10.1 Å². The number of carbonyl (C=O) groups is 1. The van der Waals surface area contributed by atoms with Gasteiger partial charge in [0, 0.05) is 0 Å². The van der Waals surface area contributed by atoms with Gasteiger partial charge in [-0.3, -0.25) is 4.79 Å². The number of benzene rings is 2. The molecule has 0 heterocycles. The average molecular weight is 305 g/mol. The van der Waals surface area contributed by atoms with E-state index in [4.69, 9.17) is 21.6 Å². The van der Waals surface area contributed by atoms with E-state index in [1.807, 2.05) is 6.07 Å². The van der Waals surface area contributed by atoms with Crippen molar-refractivity contribution in [3.05, 3.63) is 58.9 Å². The lowest BCUT2D eigenvalue weighted by atomic mass is 10.2. The number of amides is 1. The zero-order chi connectivity index (χ0) is 15.2. The lowest BCUT2D eigenvalue weighted by Gasteiger charge is -2.09. The minimum Gasteiger partial charge on any atom is -0.482 e. The number of ether oxygens (including phenoxy) is 1. The Labute approximate surface area is 125 Å². The average Bonchev–Trinajstić information content (AvgIpc) is 2.47. The Morgan fingerprint density at radius 3 is 2.81 bits per heavy atom. The lowest BCUT2D eigenvalue weighted by Crippen LogP contribution is -2.20. The topological polar surface area (TPSA) is 62.1 Å². The molecule has 2 aromatic rings. The standard InChI is InChI=1S/C15H10ClFN2O2/c16-12-7-11(17)5-6-14(12)21-9-15(20)19-13-4-2-1-3-10(13)8-18/h1-7H,9H2,(H,19,20). The molecule has 0 fully saturated rings. The summed E-state index contributed by atoms with van der Waals surface area (Å²) >= 11 is 5.78. The molecule has 0 bridgehead atoms. The highest BCUT2D eigenvalue weighted by Gasteiger charge is 2.09. The first-order chi connectivity index (χ1) is 10.1.